The third kappa shape index (κ3) is 3.76. The first-order chi connectivity index (χ1) is 7.85. The maximum absolute atomic E-state index is 12.2. The highest BCUT2D eigenvalue weighted by Gasteiger charge is 2.33. The molecule has 1 atom stereocenters. The second-order valence-corrected chi connectivity index (χ2v) is 6.91. The van der Waals surface area contributed by atoms with Crippen LogP contribution in [0.3, 0.4) is 0 Å². The largest absolute Gasteiger partial charge is 0.300 e. The minimum Gasteiger partial charge on any atom is -0.300 e. The van der Waals surface area contributed by atoms with Crippen molar-refractivity contribution in [3.63, 3.8) is 0 Å². The van der Waals surface area contributed by atoms with E-state index in [4.69, 9.17) is 0 Å². The third-order valence-corrected chi connectivity index (χ3v) is 5.10. The van der Waals surface area contributed by atoms with Crippen LogP contribution in [-0.2, 0) is 15.0 Å². The quantitative estimate of drug-likeness (QED) is 0.760. The second-order valence-electron chi connectivity index (χ2n) is 4.81. The Morgan fingerprint density at radius 2 is 1.94 bits per heavy atom. The Hall–Kier alpha value is -0.460. The lowest BCUT2D eigenvalue weighted by Gasteiger charge is -2.30. The molecule has 0 aromatic carbocycles. The second kappa shape index (κ2) is 5.93. The predicted molar refractivity (Wildman–Crippen MR) is 66.9 cm³/mol. The van der Waals surface area contributed by atoms with E-state index in [1.54, 1.807) is 0 Å². The van der Waals surface area contributed by atoms with Crippen molar-refractivity contribution in [3.8, 4) is 0 Å². The van der Waals surface area contributed by atoms with E-state index in [-0.39, 0.29) is 11.8 Å². The number of carbonyl (C=O) groups is 1. The van der Waals surface area contributed by atoms with Crippen molar-refractivity contribution in [3.05, 3.63) is 0 Å². The SMILES string of the molecule is CC(=O)CC1CCCCCN1S(=O)(=O)N(C)C. The lowest BCUT2D eigenvalue weighted by atomic mass is 10.1. The summed E-state index contributed by atoms with van der Waals surface area (Å²) >= 11 is 0. The van der Waals surface area contributed by atoms with Crippen LogP contribution < -0.4 is 0 Å². The van der Waals surface area contributed by atoms with Gasteiger partial charge in [-0.05, 0) is 19.8 Å². The Kier molecular flexibility index (Phi) is 5.09. The molecule has 17 heavy (non-hydrogen) atoms. The van der Waals surface area contributed by atoms with Gasteiger partial charge in [0.2, 0.25) is 0 Å². The summed E-state index contributed by atoms with van der Waals surface area (Å²) in [4.78, 5) is 11.2. The molecule has 0 aliphatic carbocycles. The monoisotopic (exact) mass is 262 g/mol. The Labute approximate surface area is 104 Å². The molecule has 6 heteroatoms. The maximum atomic E-state index is 12.2. The summed E-state index contributed by atoms with van der Waals surface area (Å²) in [6.07, 6.45) is 4.02. The van der Waals surface area contributed by atoms with E-state index in [0.717, 1.165) is 25.7 Å². The smallest absolute Gasteiger partial charge is 0.281 e. The third-order valence-electron chi connectivity index (χ3n) is 3.10. The van der Waals surface area contributed by atoms with Crippen LogP contribution >= 0.6 is 0 Å². The van der Waals surface area contributed by atoms with Gasteiger partial charge in [0.15, 0.2) is 0 Å². The predicted octanol–water partition coefficient (Wildman–Crippen LogP) is 1.02. The minimum atomic E-state index is -3.40. The van der Waals surface area contributed by atoms with Crippen molar-refractivity contribution in [2.45, 2.75) is 45.1 Å². The van der Waals surface area contributed by atoms with Gasteiger partial charge in [0.05, 0.1) is 0 Å². The Morgan fingerprint density at radius 1 is 1.29 bits per heavy atom. The van der Waals surface area contributed by atoms with E-state index in [1.807, 2.05) is 0 Å². The normalized spacial score (nSPS) is 23.6. The molecule has 0 radical (unpaired) electrons. The molecule has 5 nitrogen and oxygen atoms in total. The molecule has 0 saturated carbocycles. The highest BCUT2D eigenvalue weighted by molar-refractivity contribution is 7.86. The van der Waals surface area contributed by atoms with Gasteiger partial charge in [-0.25, -0.2) is 0 Å². The highest BCUT2D eigenvalue weighted by atomic mass is 32.2. The number of nitrogens with zero attached hydrogens (tertiary/aromatic N) is 2. The number of rotatable bonds is 4. The van der Waals surface area contributed by atoms with Crippen LogP contribution in [0.15, 0.2) is 0 Å². The molecule has 0 amide bonds. The van der Waals surface area contributed by atoms with Crippen LogP contribution in [0, 0.1) is 0 Å². The van der Waals surface area contributed by atoms with Crippen molar-refractivity contribution >= 4 is 16.0 Å². The molecule has 0 bridgehead atoms. The molecule has 1 saturated heterocycles. The molecule has 0 spiro atoms. The Balaban J connectivity index is 2.93. The minimum absolute atomic E-state index is 0.0517. The van der Waals surface area contributed by atoms with Crippen LogP contribution in [0.2, 0.25) is 0 Å². The summed E-state index contributed by atoms with van der Waals surface area (Å²) in [5.41, 5.74) is 0. The van der Waals surface area contributed by atoms with Gasteiger partial charge in [0.1, 0.15) is 5.78 Å². The first-order valence-electron chi connectivity index (χ1n) is 6.04. The van der Waals surface area contributed by atoms with Crippen molar-refractivity contribution in [2.75, 3.05) is 20.6 Å². The zero-order valence-electron chi connectivity index (χ0n) is 10.8. The number of hydrogen-bond acceptors (Lipinski definition) is 3. The molecule has 0 aromatic heterocycles. The first kappa shape index (κ1) is 14.6. The molecular formula is C11H22N2O3S. The van der Waals surface area contributed by atoms with Gasteiger partial charge in [-0.3, -0.25) is 4.79 Å². The van der Waals surface area contributed by atoms with Crippen molar-refractivity contribution < 1.29 is 13.2 Å². The Morgan fingerprint density at radius 3 is 2.47 bits per heavy atom. The van der Waals surface area contributed by atoms with Gasteiger partial charge >= 0.3 is 0 Å². The van der Waals surface area contributed by atoms with Crippen LogP contribution in [0.1, 0.15) is 39.0 Å². The van der Waals surface area contributed by atoms with Crippen molar-refractivity contribution in [2.24, 2.45) is 0 Å². The molecule has 1 aliphatic rings. The summed E-state index contributed by atoms with van der Waals surface area (Å²) in [5, 5.41) is 0. The number of carbonyl (C=O) groups excluding carboxylic acids is 1. The van der Waals surface area contributed by atoms with Crippen LogP contribution in [-0.4, -0.2) is 49.5 Å². The van der Waals surface area contributed by atoms with Gasteiger partial charge < -0.3 is 0 Å². The summed E-state index contributed by atoms with van der Waals surface area (Å²) in [6, 6.07) is -0.164. The highest BCUT2D eigenvalue weighted by Crippen LogP contribution is 2.23. The van der Waals surface area contributed by atoms with Gasteiger partial charge in [0, 0.05) is 33.1 Å². The van der Waals surface area contributed by atoms with Gasteiger partial charge in [-0.1, -0.05) is 12.8 Å². The van der Waals surface area contributed by atoms with E-state index in [1.165, 1.54) is 29.6 Å². The summed E-state index contributed by atoms with van der Waals surface area (Å²) in [5.74, 6) is 0.0517. The molecule has 100 valence electrons. The van der Waals surface area contributed by atoms with E-state index in [2.05, 4.69) is 0 Å². The zero-order valence-corrected chi connectivity index (χ0v) is 11.7. The average molecular weight is 262 g/mol. The summed E-state index contributed by atoms with van der Waals surface area (Å²) in [7, 11) is -0.338. The molecule has 0 aromatic rings. The van der Waals surface area contributed by atoms with Crippen molar-refractivity contribution in [1.82, 2.24) is 8.61 Å². The average Bonchev–Trinajstić information content (AvgIpc) is 2.42. The van der Waals surface area contributed by atoms with Crippen LogP contribution in [0.4, 0.5) is 0 Å². The number of ketones is 1. The van der Waals surface area contributed by atoms with E-state index < -0.39 is 10.2 Å². The Bertz CT molecular complexity index is 365. The van der Waals surface area contributed by atoms with Crippen LogP contribution in [0.5, 0.6) is 0 Å². The fourth-order valence-corrected chi connectivity index (χ4v) is 3.54. The zero-order chi connectivity index (χ0) is 13.1. The first-order valence-corrected chi connectivity index (χ1v) is 7.44. The lowest BCUT2D eigenvalue weighted by molar-refractivity contribution is -0.117. The van der Waals surface area contributed by atoms with E-state index >= 15 is 0 Å². The summed E-state index contributed by atoms with van der Waals surface area (Å²) < 4.78 is 27.1. The topological polar surface area (TPSA) is 57.7 Å². The van der Waals surface area contributed by atoms with Gasteiger partial charge in [0.25, 0.3) is 10.2 Å². The van der Waals surface area contributed by atoms with Gasteiger partial charge in [-0.15, -0.1) is 0 Å². The fraction of sp³-hybridized carbons (Fsp3) is 0.909. The van der Waals surface area contributed by atoms with E-state index in [0.29, 0.717) is 13.0 Å². The number of hydrogen-bond donors (Lipinski definition) is 0. The molecule has 1 fully saturated rings. The van der Waals surface area contributed by atoms with E-state index in [9.17, 15) is 13.2 Å². The lowest BCUT2D eigenvalue weighted by Crippen LogP contribution is -2.46. The van der Waals surface area contributed by atoms with Crippen molar-refractivity contribution in [1.29, 1.82) is 0 Å². The molecule has 1 rings (SSSR count). The standard InChI is InChI=1S/C11H22N2O3S/c1-10(14)9-11-7-5-4-6-8-13(11)17(15,16)12(2)3/h11H,4-9H2,1-3H3. The summed E-state index contributed by atoms with van der Waals surface area (Å²) in [6.45, 7) is 2.05. The molecule has 1 heterocycles. The maximum Gasteiger partial charge on any atom is 0.281 e. The molecule has 0 N–H and O–H groups in total. The molecular weight excluding hydrogens is 240 g/mol. The molecule has 1 aliphatic heterocycles. The molecule has 1 unspecified atom stereocenters. The number of Topliss-reactive ketones (excluding diaryl/α,β-unsaturated/α-hetero) is 1. The fourth-order valence-electron chi connectivity index (χ4n) is 2.20. The van der Waals surface area contributed by atoms with Crippen LogP contribution in [0.25, 0.3) is 0 Å². The van der Waals surface area contributed by atoms with Gasteiger partial charge in [-0.2, -0.15) is 17.0 Å².